The van der Waals surface area contributed by atoms with Gasteiger partial charge in [0.15, 0.2) is 0 Å². The summed E-state index contributed by atoms with van der Waals surface area (Å²) in [6, 6.07) is 0. The largest absolute Gasteiger partial charge is 0.392 e. The molecule has 7 heteroatoms. The Morgan fingerprint density at radius 3 is 2.64 bits per heavy atom. The zero-order chi connectivity index (χ0) is 10.9. The fraction of sp³-hybridized carbons (Fsp3) is 0.857. The molecule has 0 aromatic heterocycles. The van der Waals surface area contributed by atoms with E-state index in [1.54, 1.807) is 0 Å². The van der Waals surface area contributed by atoms with E-state index >= 15 is 0 Å². The van der Waals surface area contributed by atoms with Crippen LogP contribution in [0.3, 0.4) is 0 Å². The van der Waals surface area contributed by atoms with Crippen LogP contribution in [0.15, 0.2) is 0 Å². The Labute approximate surface area is 81.7 Å². The molecule has 0 radical (unpaired) electrons. The van der Waals surface area contributed by atoms with E-state index in [2.05, 4.69) is 0 Å². The predicted octanol–water partition coefficient (Wildman–Crippen LogP) is -0.733. The Morgan fingerprint density at radius 1 is 1.71 bits per heavy atom. The molecule has 0 aromatic carbocycles. The molecule has 1 heterocycles. The standard InChI is InChI=1S/C7H12FNO4S/c1-5(10)3-9-4-6(2-7(9)11)14(8,12)13/h5-6,10H,2-4H2,1H3. The molecule has 2 unspecified atom stereocenters. The van der Waals surface area contributed by atoms with Gasteiger partial charge in [0, 0.05) is 19.5 Å². The van der Waals surface area contributed by atoms with Crippen LogP contribution in [-0.4, -0.2) is 48.8 Å². The normalized spacial score (nSPS) is 25.5. The van der Waals surface area contributed by atoms with Gasteiger partial charge in [0.1, 0.15) is 5.25 Å². The highest BCUT2D eigenvalue weighted by Crippen LogP contribution is 2.19. The van der Waals surface area contributed by atoms with Gasteiger partial charge in [-0.25, -0.2) is 0 Å². The molecule has 1 rings (SSSR count). The number of aliphatic hydroxyl groups is 1. The van der Waals surface area contributed by atoms with Gasteiger partial charge in [-0.3, -0.25) is 4.79 Å². The quantitative estimate of drug-likeness (QED) is 0.642. The van der Waals surface area contributed by atoms with E-state index < -0.39 is 27.5 Å². The van der Waals surface area contributed by atoms with Crippen molar-refractivity contribution in [3.8, 4) is 0 Å². The van der Waals surface area contributed by atoms with E-state index in [0.29, 0.717) is 0 Å². The van der Waals surface area contributed by atoms with Gasteiger partial charge in [-0.15, -0.1) is 3.89 Å². The molecule has 82 valence electrons. The maximum Gasteiger partial charge on any atom is 0.307 e. The average molecular weight is 225 g/mol. The van der Waals surface area contributed by atoms with Crippen molar-refractivity contribution < 1.29 is 22.2 Å². The summed E-state index contributed by atoms with van der Waals surface area (Å²) in [7, 11) is -4.65. The first kappa shape index (κ1) is 11.4. The second-order valence-electron chi connectivity index (χ2n) is 3.45. The number of aliphatic hydroxyl groups excluding tert-OH is 1. The summed E-state index contributed by atoms with van der Waals surface area (Å²) in [6.07, 6.45) is -1.06. The van der Waals surface area contributed by atoms with E-state index in [9.17, 15) is 17.1 Å². The fourth-order valence-corrected chi connectivity index (χ4v) is 2.12. The minimum absolute atomic E-state index is 0.0465. The van der Waals surface area contributed by atoms with Gasteiger partial charge >= 0.3 is 10.2 Å². The van der Waals surface area contributed by atoms with Crippen LogP contribution < -0.4 is 0 Å². The number of carbonyl (C=O) groups is 1. The Hall–Kier alpha value is -0.690. The number of nitrogens with zero attached hydrogens (tertiary/aromatic N) is 1. The summed E-state index contributed by atoms with van der Waals surface area (Å²) in [5.41, 5.74) is 0. The van der Waals surface area contributed by atoms with E-state index in [1.807, 2.05) is 0 Å². The highest BCUT2D eigenvalue weighted by Gasteiger charge is 2.38. The summed E-state index contributed by atoms with van der Waals surface area (Å²) >= 11 is 0. The number of halogens is 1. The van der Waals surface area contributed by atoms with Crippen LogP contribution in [0.2, 0.25) is 0 Å². The topological polar surface area (TPSA) is 74.7 Å². The molecular weight excluding hydrogens is 213 g/mol. The van der Waals surface area contributed by atoms with Crippen molar-refractivity contribution in [2.45, 2.75) is 24.7 Å². The Bertz CT molecular complexity index is 327. The third-order valence-electron chi connectivity index (χ3n) is 2.06. The molecule has 0 aromatic rings. The molecule has 5 nitrogen and oxygen atoms in total. The lowest BCUT2D eigenvalue weighted by atomic mass is 10.4. The van der Waals surface area contributed by atoms with Crippen LogP contribution >= 0.6 is 0 Å². The smallest absolute Gasteiger partial charge is 0.307 e. The first-order valence-electron chi connectivity index (χ1n) is 4.20. The third kappa shape index (κ3) is 2.65. The summed E-state index contributed by atoms with van der Waals surface area (Å²) in [5, 5.41) is 7.71. The molecule has 1 fully saturated rings. The SMILES string of the molecule is CC(O)CN1CC(S(=O)(=O)F)CC1=O. The lowest BCUT2D eigenvalue weighted by Crippen LogP contribution is -2.33. The second kappa shape index (κ2) is 3.82. The molecule has 14 heavy (non-hydrogen) atoms. The van der Waals surface area contributed by atoms with Crippen molar-refractivity contribution >= 4 is 16.1 Å². The van der Waals surface area contributed by atoms with Crippen LogP contribution in [0.25, 0.3) is 0 Å². The second-order valence-corrected chi connectivity index (χ2v) is 5.07. The molecule has 1 aliphatic heterocycles. The van der Waals surface area contributed by atoms with Gasteiger partial charge in [0.2, 0.25) is 5.91 Å². The maximum atomic E-state index is 12.5. The molecule has 2 atom stereocenters. The number of amides is 1. The first-order chi connectivity index (χ1) is 6.30. The molecule has 1 amide bonds. The summed E-state index contributed by atoms with van der Waals surface area (Å²) in [4.78, 5) is 12.3. The summed E-state index contributed by atoms with van der Waals surface area (Å²) < 4.78 is 33.5. The van der Waals surface area contributed by atoms with E-state index in [1.165, 1.54) is 6.92 Å². The Morgan fingerprint density at radius 2 is 2.29 bits per heavy atom. The number of likely N-dealkylation sites (tertiary alicyclic amines) is 1. The number of hydrogen-bond donors (Lipinski definition) is 1. The molecule has 0 saturated carbocycles. The summed E-state index contributed by atoms with van der Waals surface area (Å²) in [6.45, 7) is 1.36. The van der Waals surface area contributed by atoms with Crippen LogP contribution in [0.4, 0.5) is 3.89 Å². The van der Waals surface area contributed by atoms with Gasteiger partial charge in [-0.1, -0.05) is 0 Å². The monoisotopic (exact) mass is 225 g/mol. The van der Waals surface area contributed by atoms with Crippen molar-refractivity contribution in [3.05, 3.63) is 0 Å². The van der Waals surface area contributed by atoms with Gasteiger partial charge < -0.3 is 10.0 Å². The highest BCUT2D eigenvalue weighted by atomic mass is 32.3. The van der Waals surface area contributed by atoms with E-state index in [0.717, 1.165) is 4.90 Å². The van der Waals surface area contributed by atoms with Crippen LogP contribution in [0.1, 0.15) is 13.3 Å². The molecule has 0 spiro atoms. The van der Waals surface area contributed by atoms with Crippen molar-refractivity contribution in [1.29, 1.82) is 0 Å². The van der Waals surface area contributed by atoms with Gasteiger partial charge in [-0.05, 0) is 6.92 Å². The van der Waals surface area contributed by atoms with Crippen molar-refractivity contribution in [3.63, 3.8) is 0 Å². The van der Waals surface area contributed by atoms with Crippen LogP contribution in [-0.2, 0) is 15.0 Å². The Balaban J connectivity index is 2.65. The molecule has 0 aliphatic carbocycles. The molecular formula is C7H12FNO4S. The van der Waals surface area contributed by atoms with E-state index in [4.69, 9.17) is 5.11 Å². The minimum Gasteiger partial charge on any atom is -0.392 e. The molecule has 1 N–H and O–H groups in total. The van der Waals surface area contributed by atoms with Crippen molar-refractivity contribution in [1.82, 2.24) is 4.90 Å². The van der Waals surface area contributed by atoms with Gasteiger partial charge in [0.05, 0.1) is 6.10 Å². The fourth-order valence-electron chi connectivity index (χ4n) is 1.42. The van der Waals surface area contributed by atoms with Crippen molar-refractivity contribution in [2.24, 2.45) is 0 Å². The highest BCUT2D eigenvalue weighted by molar-refractivity contribution is 7.87. The van der Waals surface area contributed by atoms with Crippen LogP contribution in [0, 0.1) is 0 Å². The predicted molar refractivity (Wildman–Crippen MR) is 46.7 cm³/mol. The molecule has 0 bridgehead atoms. The lowest BCUT2D eigenvalue weighted by molar-refractivity contribution is -0.128. The third-order valence-corrected chi connectivity index (χ3v) is 3.17. The zero-order valence-electron chi connectivity index (χ0n) is 7.68. The zero-order valence-corrected chi connectivity index (χ0v) is 8.50. The van der Waals surface area contributed by atoms with Crippen molar-refractivity contribution in [2.75, 3.05) is 13.1 Å². The number of hydrogen-bond acceptors (Lipinski definition) is 4. The summed E-state index contributed by atoms with van der Waals surface area (Å²) in [5.74, 6) is -0.433. The van der Waals surface area contributed by atoms with Gasteiger partial charge in [0.25, 0.3) is 0 Å². The Kier molecular flexibility index (Phi) is 3.10. The number of β-amino-alcohol motifs (C(OH)–C–C–N with tert-alkyl or cyclic N) is 1. The molecule has 1 saturated heterocycles. The average Bonchev–Trinajstić information content (AvgIpc) is 2.30. The number of rotatable bonds is 3. The first-order valence-corrected chi connectivity index (χ1v) is 5.64. The maximum absolute atomic E-state index is 12.5. The minimum atomic E-state index is -4.65. The lowest BCUT2D eigenvalue weighted by Gasteiger charge is -2.17. The van der Waals surface area contributed by atoms with E-state index in [-0.39, 0.29) is 19.5 Å². The van der Waals surface area contributed by atoms with Gasteiger partial charge in [-0.2, -0.15) is 8.42 Å². The van der Waals surface area contributed by atoms with Crippen LogP contribution in [0.5, 0.6) is 0 Å². The number of carbonyl (C=O) groups excluding carboxylic acids is 1. The molecule has 1 aliphatic rings.